The van der Waals surface area contributed by atoms with E-state index < -0.39 is 15.3 Å². The standard InChI is InChI=1S/C22H34N4O4S/c1-16(2)31(29,30)25-20-12-14-26(15-13-20)22(28)24-19-10-8-17(9-11-19)21(27)23-18-6-4-3-5-7-18/h8-11,16,18,20,25H,3-7,12-15H2,1-2H3,(H,23,27)(H,24,28). The van der Waals surface area contributed by atoms with E-state index in [-0.39, 0.29) is 24.0 Å². The lowest BCUT2D eigenvalue weighted by atomic mass is 9.95. The minimum Gasteiger partial charge on any atom is -0.349 e. The van der Waals surface area contributed by atoms with Crippen LogP contribution in [-0.4, -0.2) is 55.7 Å². The van der Waals surface area contributed by atoms with Crippen LogP contribution in [0.5, 0.6) is 0 Å². The third kappa shape index (κ3) is 6.67. The normalized spacial score (nSPS) is 18.7. The van der Waals surface area contributed by atoms with Gasteiger partial charge in [-0.05, 0) is 63.8 Å². The molecule has 9 heteroatoms. The Morgan fingerprint density at radius 3 is 2.13 bits per heavy atom. The van der Waals surface area contributed by atoms with E-state index in [2.05, 4.69) is 15.4 Å². The zero-order valence-corrected chi connectivity index (χ0v) is 19.2. The van der Waals surface area contributed by atoms with Crippen LogP contribution in [0.3, 0.4) is 0 Å². The van der Waals surface area contributed by atoms with Crippen LogP contribution < -0.4 is 15.4 Å². The molecule has 1 heterocycles. The summed E-state index contributed by atoms with van der Waals surface area (Å²) in [5.74, 6) is -0.0734. The summed E-state index contributed by atoms with van der Waals surface area (Å²) >= 11 is 0. The van der Waals surface area contributed by atoms with E-state index in [1.165, 1.54) is 6.42 Å². The van der Waals surface area contributed by atoms with Gasteiger partial charge in [0.1, 0.15) is 0 Å². The van der Waals surface area contributed by atoms with Crippen molar-refractivity contribution in [3.63, 3.8) is 0 Å². The van der Waals surface area contributed by atoms with Crippen molar-refractivity contribution in [3.05, 3.63) is 29.8 Å². The molecule has 2 fully saturated rings. The van der Waals surface area contributed by atoms with E-state index in [4.69, 9.17) is 0 Å². The molecule has 1 saturated carbocycles. The summed E-state index contributed by atoms with van der Waals surface area (Å²) in [6.45, 7) is 4.27. The molecule has 1 aromatic carbocycles. The average molecular weight is 451 g/mol. The molecule has 3 amide bonds. The Morgan fingerprint density at radius 2 is 1.55 bits per heavy atom. The van der Waals surface area contributed by atoms with Gasteiger partial charge in [0.15, 0.2) is 0 Å². The Balaban J connectivity index is 1.46. The molecule has 1 saturated heterocycles. The van der Waals surface area contributed by atoms with Gasteiger partial charge in [0, 0.05) is 36.4 Å². The van der Waals surface area contributed by atoms with E-state index in [1.807, 2.05) is 0 Å². The van der Waals surface area contributed by atoms with Gasteiger partial charge in [-0.1, -0.05) is 19.3 Å². The van der Waals surface area contributed by atoms with E-state index in [0.717, 1.165) is 25.7 Å². The number of anilines is 1. The van der Waals surface area contributed by atoms with Gasteiger partial charge in [-0.25, -0.2) is 17.9 Å². The number of amides is 3. The molecular formula is C22H34N4O4S. The van der Waals surface area contributed by atoms with Crippen LogP contribution in [0, 0.1) is 0 Å². The van der Waals surface area contributed by atoms with Crippen molar-refractivity contribution in [2.75, 3.05) is 18.4 Å². The number of carbonyl (C=O) groups is 2. The zero-order chi connectivity index (χ0) is 22.4. The highest BCUT2D eigenvalue weighted by atomic mass is 32.2. The third-order valence-electron chi connectivity index (χ3n) is 6.07. The quantitative estimate of drug-likeness (QED) is 0.619. The number of nitrogens with zero attached hydrogens (tertiary/aromatic N) is 1. The first kappa shape index (κ1) is 23.5. The molecule has 0 unspecified atom stereocenters. The Kier molecular flexibility index (Phi) is 7.94. The second-order valence-electron chi connectivity index (χ2n) is 8.79. The van der Waals surface area contributed by atoms with Crippen LogP contribution in [0.1, 0.15) is 69.2 Å². The van der Waals surface area contributed by atoms with Crippen LogP contribution in [0.2, 0.25) is 0 Å². The van der Waals surface area contributed by atoms with Gasteiger partial charge in [-0.3, -0.25) is 4.79 Å². The number of sulfonamides is 1. The van der Waals surface area contributed by atoms with Crippen molar-refractivity contribution in [1.82, 2.24) is 14.9 Å². The Bertz CT molecular complexity index is 856. The van der Waals surface area contributed by atoms with Crippen molar-refractivity contribution in [2.24, 2.45) is 0 Å². The molecule has 0 spiro atoms. The first-order valence-electron chi connectivity index (χ1n) is 11.2. The number of rotatable bonds is 6. The molecule has 0 radical (unpaired) electrons. The molecular weight excluding hydrogens is 416 g/mol. The summed E-state index contributed by atoms with van der Waals surface area (Å²) in [4.78, 5) is 26.6. The molecule has 0 atom stereocenters. The topological polar surface area (TPSA) is 108 Å². The van der Waals surface area contributed by atoms with Gasteiger partial charge < -0.3 is 15.5 Å². The monoisotopic (exact) mass is 450 g/mol. The minimum atomic E-state index is -3.31. The number of benzene rings is 1. The van der Waals surface area contributed by atoms with E-state index in [9.17, 15) is 18.0 Å². The fraction of sp³-hybridized carbons (Fsp3) is 0.636. The van der Waals surface area contributed by atoms with Crippen LogP contribution in [0.4, 0.5) is 10.5 Å². The predicted octanol–water partition coefficient (Wildman–Crippen LogP) is 3.07. The van der Waals surface area contributed by atoms with Gasteiger partial charge in [0.25, 0.3) is 5.91 Å². The number of carbonyl (C=O) groups excluding carboxylic acids is 2. The summed E-state index contributed by atoms with van der Waals surface area (Å²) < 4.78 is 26.7. The van der Waals surface area contributed by atoms with Crippen LogP contribution in [0.25, 0.3) is 0 Å². The summed E-state index contributed by atoms with van der Waals surface area (Å²) in [6.07, 6.45) is 6.81. The van der Waals surface area contributed by atoms with Crippen LogP contribution in [-0.2, 0) is 10.0 Å². The highest BCUT2D eigenvalue weighted by Gasteiger charge is 2.27. The molecule has 0 aromatic heterocycles. The average Bonchev–Trinajstić information content (AvgIpc) is 2.75. The van der Waals surface area contributed by atoms with E-state index in [0.29, 0.717) is 37.2 Å². The molecule has 3 N–H and O–H groups in total. The van der Waals surface area contributed by atoms with Crippen molar-refractivity contribution < 1.29 is 18.0 Å². The third-order valence-corrected chi connectivity index (χ3v) is 7.98. The number of nitrogens with one attached hydrogen (secondary N) is 3. The first-order chi connectivity index (χ1) is 14.7. The van der Waals surface area contributed by atoms with E-state index >= 15 is 0 Å². The fourth-order valence-corrected chi connectivity index (χ4v) is 4.96. The summed E-state index contributed by atoms with van der Waals surface area (Å²) in [6, 6.07) is 6.81. The lowest BCUT2D eigenvalue weighted by molar-refractivity contribution is 0.0927. The second-order valence-corrected chi connectivity index (χ2v) is 11.1. The largest absolute Gasteiger partial charge is 0.349 e. The number of piperidine rings is 1. The summed E-state index contributed by atoms with van der Waals surface area (Å²) in [5, 5.41) is 5.48. The lowest BCUT2D eigenvalue weighted by Gasteiger charge is -2.32. The summed E-state index contributed by atoms with van der Waals surface area (Å²) in [5.41, 5.74) is 1.21. The number of hydrogen-bond donors (Lipinski definition) is 3. The Labute approximate surface area is 185 Å². The molecule has 1 aliphatic heterocycles. The molecule has 2 aliphatic rings. The Hall–Kier alpha value is -2.13. The Morgan fingerprint density at radius 1 is 0.935 bits per heavy atom. The highest BCUT2D eigenvalue weighted by molar-refractivity contribution is 7.90. The maximum absolute atomic E-state index is 12.5. The molecule has 172 valence electrons. The van der Waals surface area contributed by atoms with Gasteiger partial charge in [0.05, 0.1) is 5.25 Å². The number of hydrogen-bond acceptors (Lipinski definition) is 4. The van der Waals surface area contributed by atoms with Crippen molar-refractivity contribution in [3.8, 4) is 0 Å². The van der Waals surface area contributed by atoms with Crippen LogP contribution in [0.15, 0.2) is 24.3 Å². The highest BCUT2D eigenvalue weighted by Crippen LogP contribution is 2.19. The SMILES string of the molecule is CC(C)S(=O)(=O)NC1CCN(C(=O)Nc2ccc(C(=O)NC3CCCCC3)cc2)CC1. The predicted molar refractivity (Wildman–Crippen MR) is 122 cm³/mol. The van der Waals surface area contributed by atoms with Crippen LogP contribution >= 0.6 is 0 Å². The zero-order valence-electron chi connectivity index (χ0n) is 18.4. The maximum Gasteiger partial charge on any atom is 0.321 e. The van der Waals surface area contributed by atoms with Gasteiger partial charge in [-0.15, -0.1) is 0 Å². The van der Waals surface area contributed by atoms with Gasteiger partial charge in [0.2, 0.25) is 10.0 Å². The minimum absolute atomic E-state index is 0.0734. The molecule has 31 heavy (non-hydrogen) atoms. The maximum atomic E-state index is 12.5. The van der Waals surface area contributed by atoms with Crippen molar-refractivity contribution in [1.29, 1.82) is 0 Å². The smallest absolute Gasteiger partial charge is 0.321 e. The lowest BCUT2D eigenvalue weighted by Crippen LogP contribution is -2.48. The number of urea groups is 1. The second kappa shape index (κ2) is 10.5. The van der Waals surface area contributed by atoms with E-state index in [1.54, 1.807) is 43.0 Å². The molecule has 3 rings (SSSR count). The molecule has 8 nitrogen and oxygen atoms in total. The van der Waals surface area contributed by atoms with Crippen molar-refractivity contribution in [2.45, 2.75) is 76.1 Å². The van der Waals surface area contributed by atoms with Gasteiger partial charge >= 0.3 is 6.03 Å². The van der Waals surface area contributed by atoms with Gasteiger partial charge in [-0.2, -0.15) is 0 Å². The number of likely N-dealkylation sites (tertiary alicyclic amines) is 1. The molecule has 0 bridgehead atoms. The van der Waals surface area contributed by atoms with Crippen molar-refractivity contribution >= 4 is 27.6 Å². The first-order valence-corrected chi connectivity index (χ1v) is 12.8. The fourth-order valence-electron chi connectivity index (χ4n) is 3.99. The summed E-state index contributed by atoms with van der Waals surface area (Å²) in [7, 11) is -3.31. The molecule has 1 aromatic rings. The molecule has 1 aliphatic carbocycles.